The SMILES string of the molecule is COc1ccc(CN2CCc3nc(N)[nH]c(=O)c3C2)cc1. The monoisotopic (exact) mass is 286 g/mol. The van der Waals surface area contributed by atoms with E-state index in [0.717, 1.165) is 36.5 Å². The van der Waals surface area contributed by atoms with Crippen LogP contribution in [0.15, 0.2) is 29.1 Å². The van der Waals surface area contributed by atoms with Gasteiger partial charge in [-0.15, -0.1) is 0 Å². The highest BCUT2D eigenvalue weighted by atomic mass is 16.5. The fraction of sp³-hybridized carbons (Fsp3) is 0.333. The lowest BCUT2D eigenvalue weighted by molar-refractivity contribution is 0.242. The Balaban J connectivity index is 1.75. The van der Waals surface area contributed by atoms with Crippen molar-refractivity contribution in [1.82, 2.24) is 14.9 Å². The number of benzene rings is 1. The number of aromatic amines is 1. The smallest absolute Gasteiger partial charge is 0.257 e. The highest BCUT2D eigenvalue weighted by molar-refractivity contribution is 5.29. The Morgan fingerprint density at radius 3 is 2.86 bits per heavy atom. The largest absolute Gasteiger partial charge is 0.497 e. The second-order valence-corrected chi connectivity index (χ2v) is 5.19. The van der Waals surface area contributed by atoms with E-state index in [4.69, 9.17) is 10.5 Å². The minimum absolute atomic E-state index is 0.128. The number of fused-ring (bicyclic) bond motifs is 1. The van der Waals surface area contributed by atoms with Gasteiger partial charge < -0.3 is 10.5 Å². The molecule has 2 aromatic rings. The molecule has 1 aromatic carbocycles. The lowest BCUT2D eigenvalue weighted by Gasteiger charge is -2.27. The first-order chi connectivity index (χ1) is 10.2. The summed E-state index contributed by atoms with van der Waals surface area (Å²) in [4.78, 5) is 21.0. The van der Waals surface area contributed by atoms with Gasteiger partial charge in [0.1, 0.15) is 5.75 Å². The Kier molecular flexibility index (Phi) is 3.62. The molecule has 3 N–H and O–H groups in total. The van der Waals surface area contributed by atoms with Gasteiger partial charge in [0.05, 0.1) is 18.4 Å². The number of nitrogens with one attached hydrogen (secondary N) is 1. The third kappa shape index (κ3) is 2.90. The maximum absolute atomic E-state index is 11.9. The molecule has 0 atom stereocenters. The van der Waals surface area contributed by atoms with E-state index in [-0.39, 0.29) is 11.5 Å². The van der Waals surface area contributed by atoms with Crippen molar-refractivity contribution in [1.29, 1.82) is 0 Å². The van der Waals surface area contributed by atoms with Crippen molar-refractivity contribution in [3.63, 3.8) is 0 Å². The van der Waals surface area contributed by atoms with Crippen LogP contribution in [0.1, 0.15) is 16.8 Å². The molecule has 0 saturated carbocycles. The van der Waals surface area contributed by atoms with Crippen molar-refractivity contribution >= 4 is 5.95 Å². The summed E-state index contributed by atoms with van der Waals surface area (Å²) in [6.45, 7) is 2.27. The number of hydrogen-bond donors (Lipinski definition) is 2. The van der Waals surface area contributed by atoms with Crippen molar-refractivity contribution < 1.29 is 4.74 Å². The van der Waals surface area contributed by atoms with Crippen molar-refractivity contribution in [3.8, 4) is 5.75 Å². The number of nitrogens with zero attached hydrogens (tertiary/aromatic N) is 2. The number of rotatable bonds is 3. The molecular formula is C15H18N4O2. The second-order valence-electron chi connectivity index (χ2n) is 5.19. The Bertz CT molecular complexity index is 694. The molecule has 0 unspecified atom stereocenters. The van der Waals surface area contributed by atoms with Gasteiger partial charge in [-0.25, -0.2) is 4.98 Å². The number of methoxy groups -OCH3 is 1. The van der Waals surface area contributed by atoms with Crippen LogP contribution in [0.5, 0.6) is 5.75 Å². The first-order valence-electron chi connectivity index (χ1n) is 6.88. The van der Waals surface area contributed by atoms with E-state index in [1.54, 1.807) is 7.11 Å². The van der Waals surface area contributed by atoms with E-state index in [0.29, 0.717) is 6.54 Å². The number of aromatic nitrogens is 2. The number of nitrogens with two attached hydrogens (primary N) is 1. The Hall–Kier alpha value is -2.34. The first kappa shape index (κ1) is 13.6. The predicted octanol–water partition coefficient (Wildman–Crippen LogP) is 0.919. The van der Waals surface area contributed by atoms with Crippen LogP contribution >= 0.6 is 0 Å². The minimum Gasteiger partial charge on any atom is -0.497 e. The zero-order valence-corrected chi connectivity index (χ0v) is 11.9. The van der Waals surface area contributed by atoms with Crippen LogP contribution < -0.4 is 16.0 Å². The number of nitrogen functional groups attached to an aromatic ring is 1. The highest BCUT2D eigenvalue weighted by Gasteiger charge is 2.20. The van der Waals surface area contributed by atoms with Gasteiger partial charge in [-0.3, -0.25) is 14.7 Å². The zero-order chi connectivity index (χ0) is 14.8. The molecule has 110 valence electrons. The molecule has 1 aromatic heterocycles. The van der Waals surface area contributed by atoms with Crippen LogP contribution in [-0.2, 0) is 19.5 Å². The van der Waals surface area contributed by atoms with Crippen LogP contribution in [0.2, 0.25) is 0 Å². The molecule has 1 aliphatic heterocycles. The molecule has 3 rings (SSSR count). The minimum atomic E-state index is -0.128. The lowest BCUT2D eigenvalue weighted by Crippen LogP contribution is -2.35. The molecule has 6 nitrogen and oxygen atoms in total. The summed E-state index contributed by atoms with van der Waals surface area (Å²) in [7, 11) is 1.65. The fourth-order valence-electron chi connectivity index (χ4n) is 2.62. The van der Waals surface area contributed by atoms with Gasteiger partial charge in [-0.1, -0.05) is 12.1 Å². The second kappa shape index (κ2) is 5.57. The molecule has 1 aliphatic rings. The van der Waals surface area contributed by atoms with Crippen molar-refractivity contribution in [2.45, 2.75) is 19.5 Å². The van der Waals surface area contributed by atoms with E-state index in [2.05, 4.69) is 14.9 Å². The zero-order valence-electron chi connectivity index (χ0n) is 11.9. The molecule has 6 heteroatoms. The van der Waals surface area contributed by atoms with Gasteiger partial charge in [0.25, 0.3) is 5.56 Å². The number of H-pyrrole nitrogens is 1. The van der Waals surface area contributed by atoms with E-state index < -0.39 is 0 Å². The van der Waals surface area contributed by atoms with Gasteiger partial charge in [0.15, 0.2) is 0 Å². The third-order valence-electron chi connectivity index (χ3n) is 3.73. The average Bonchev–Trinajstić information content (AvgIpc) is 2.48. The van der Waals surface area contributed by atoms with E-state index in [1.165, 1.54) is 5.56 Å². The summed E-state index contributed by atoms with van der Waals surface area (Å²) in [6, 6.07) is 7.98. The van der Waals surface area contributed by atoms with Crippen molar-refractivity contribution in [2.75, 3.05) is 19.4 Å². The maximum atomic E-state index is 11.9. The molecule has 0 fully saturated rings. The average molecular weight is 286 g/mol. The first-order valence-corrected chi connectivity index (χ1v) is 6.88. The fourth-order valence-corrected chi connectivity index (χ4v) is 2.62. The van der Waals surface area contributed by atoms with Crippen LogP contribution in [0.4, 0.5) is 5.95 Å². The van der Waals surface area contributed by atoms with Crippen LogP contribution in [0.3, 0.4) is 0 Å². The Morgan fingerprint density at radius 2 is 2.14 bits per heavy atom. The number of ether oxygens (including phenoxy) is 1. The predicted molar refractivity (Wildman–Crippen MR) is 80.1 cm³/mol. The summed E-state index contributed by atoms with van der Waals surface area (Å²) in [6.07, 6.45) is 0.750. The molecule has 2 heterocycles. The van der Waals surface area contributed by atoms with Gasteiger partial charge in [-0.2, -0.15) is 0 Å². The lowest BCUT2D eigenvalue weighted by atomic mass is 10.1. The van der Waals surface area contributed by atoms with Crippen molar-refractivity contribution in [2.24, 2.45) is 0 Å². The van der Waals surface area contributed by atoms with Gasteiger partial charge >= 0.3 is 0 Å². The number of hydrogen-bond acceptors (Lipinski definition) is 5. The van der Waals surface area contributed by atoms with Gasteiger partial charge in [-0.05, 0) is 17.7 Å². The van der Waals surface area contributed by atoms with E-state index in [9.17, 15) is 4.79 Å². The Morgan fingerprint density at radius 1 is 1.38 bits per heavy atom. The summed E-state index contributed by atoms with van der Waals surface area (Å²) in [5.41, 5.74) is 8.19. The molecule has 21 heavy (non-hydrogen) atoms. The molecule has 0 aliphatic carbocycles. The normalized spacial score (nSPS) is 14.7. The third-order valence-corrected chi connectivity index (χ3v) is 3.73. The highest BCUT2D eigenvalue weighted by Crippen LogP contribution is 2.18. The quantitative estimate of drug-likeness (QED) is 0.876. The molecule has 0 saturated heterocycles. The van der Waals surface area contributed by atoms with Gasteiger partial charge in [0, 0.05) is 26.1 Å². The topological polar surface area (TPSA) is 84.2 Å². The summed E-state index contributed by atoms with van der Waals surface area (Å²) >= 11 is 0. The molecule has 0 spiro atoms. The molecule has 0 radical (unpaired) electrons. The van der Waals surface area contributed by atoms with Crippen LogP contribution in [0.25, 0.3) is 0 Å². The molecular weight excluding hydrogens is 268 g/mol. The summed E-state index contributed by atoms with van der Waals surface area (Å²) < 4.78 is 5.15. The van der Waals surface area contributed by atoms with E-state index >= 15 is 0 Å². The van der Waals surface area contributed by atoms with E-state index in [1.807, 2.05) is 24.3 Å². The summed E-state index contributed by atoms with van der Waals surface area (Å²) in [5.74, 6) is 1.04. The van der Waals surface area contributed by atoms with Gasteiger partial charge in [0.2, 0.25) is 5.95 Å². The molecule has 0 amide bonds. The molecule has 0 bridgehead atoms. The standard InChI is InChI=1S/C15H18N4O2/c1-21-11-4-2-10(3-5-11)8-19-7-6-13-12(9-19)14(20)18-15(16)17-13/h2-5H,6-9H2,1H3,(H3,16,17,18,20). The summed E-state index contributed by atoms with van der Waals surface area (Å²) in [5, 5.41) is 0. The van der Waals surface area contributed by atoms with Crippen molar-refractivity contribution in [3.05, 3.63) is 51.4 Å². The maximum Gasteiger partial charge on any atom is 0.257 e. The Labute approximate surface area is 122 Å². The number of anilines is 1. The van der Waals surface area contributed by atoms with Crippen LogP contribution in [-0.4, -0.2) is 28.5 Å². The van der Waals surface area contributed by atoms with Crippen LogP contribution in [0, 0.1) is 0 Å².